The van der Waals surface area contributed by atoms with Crippen LogP contribution in [-0.4, -0.2) is 46.6 Å². The van der Waals surface area contributed by atoms with Crippen LogP contribution < -0.4 is 5.32 Å². The van der Waals surface area contributed by atoms with Gasteiger partial charge in [-0.1, -0.05) is 6.92 Å². The maximum atomic E-state index is 12.5. The number of thiophene rings is 1. The van der Waals surface area contributed by atoms with Crippen LogP contribution in [0.2, 0.25) is 0 Å². The Labute approximate surface area is 132 Å². The highest BCUT2D eigenvalue weighted by atomic mass is 32.2. The SMILES string of the molecule is CCCNCc1sc(S(=O)(=O)N(C)CCCOC)cc1C. The molecule has 0 atom stereocenters. The van der Waals surface area contributed by atoms with Gasteiger partial charge < -0.3 is 10.1 Å². The van der Waals surface area contributed by atoms with E-state index in [-0.39, 0.29) is 0 Å². The lowest BCUT2D eigenvalue weighted by Gasteiger charge is -2.15. The highest BCUT2D eigenvalue weighted by molar-refractivity contribution is 7.91. The molecule has 0 radical (unpaired) electrons. The number of ether oxygens (including phenoxy) is 1. The fraction of sp³-hybridized carbons (Fsp3) is 0.714. The molecular weight excluding hydrogens is 308 g/mol. The first-order valence-electron chi connectivity index (χ1n) is 7.18. The van der Waals surface area contributed by atoms with Crippen molar-refractivity contribution in [3.05, 3.63) is 16.5 Å². The summed E-state index contributed by atoms with van der Waals surface area (Å²) < 4.78 is 31.8. The largest absolute Gasteiger partial charge is 0.385 e. The molecule has 0 saturated heterocycles. The van der Waals surface area contributed by atoms with Crippen molar-refractivity contribution in [2.45, 2.75) is 37.4 Å². The van der Waals surface area contributed by atoms with Crippen molar-refractivity contribution >= 4 is 21.4 Å². The summed E-state index contributed by atoms with van der Waals surface area (Å²) in [6.07, 6.45) is 1.76. The van der Waals surface area contributed by atoms with E-state index in [2.05, 4.69) is 12.2 Å². The van der Waals surface area contributed by atoms with Crippen LogP contribution in [0.1, 0.15) is 30.2 Å². The molecule has 0 bridgehead atoms. The zero-order valence-corrected chi connectivity index (χ0v) is 14.9. The molecule has 122 valence electrons. The normalized spacial score (nSPS) is 12.2. The molecule has 7 heteroatoms. The predicted octanol–water partition coefficient (Wildman–Crippen LogP) is 2.21. The van der Waals surface area contributed by atoms with Gasteiger partial charge in [0.2, 0.25) is 0 Å². The second-order valence-corrected chi connectivity index (χ2v) is 8.43. The Morgan fingerprint density at radius 2 is 2.14 bits per heavy atom. The second kappa shape index (κ2) is 8.85. The number of aryl methyl sites for hydroxylation is 1. The summed E-state index contributed by atoms with van der Waals surface area (Å²) in [4.78, 5) is 1.09. The molecule has 21 heavy (non-hydrogen) atoms. The molecule has 0 aliphatic carbocycles. The first-order chi connectivity index (χ1) is 9.93. The van der Waals surface area contributed by atoms with E-state index in [1.165, 1.54) is 15.6 Å². The third-order valence-corrected chi connectivity index (χ3v) is 6.74. The van der Waals surface area contributed by atoms with Gasteiger partial charge in [-0.2, -0.15) is 0 Å². The average Bonchev–Trinajstić information content (AvgIpc) is 2.81. The van der Waals surface area contributed by atoms with Crippen LogP contribution in [0.5, 0.6) is 0 Å². The van der Waals surface area contributed by atoms with E-state index < -0.39 is 10.0 Å². The van der Waals surface area contributed by atoms with Gasteiger partial charge in [-0.15, -0.1) is 11.3 Å². The standard InChI is InChI=1S/C14H26N2O3S2/c1-5-7-15-11-13-12(2)10-14(20-13)21(17,18)16(3)8-6-9-19-4/h10,15H,5-9,11H2,1-4H3. The number of nitrogens with zero attached hydrogens (tertiary/aromatic N) is 1. The van der Waals surface area contributed by atoms with Crippen LogP contribution in [0.4, 0.5) is 0 Å². The Kier molecular flexibility index (Phi) is 7.83. The van der Waals surface area contributed by atoms with Crippen LogP contribution in [0.3, 0.4) is 0 Å². The van der Waals surface area contributed by atoms with Crippen LogP contribution in [-0.2, 0) is 21.3 Å². The Balaban J connectivity index is 2.76. The smallest absolute Gasteiger partial charge is 0.252 e. The van der Waals surface area contributed by atoms with Crippen LogP contribution in [0.25, 0.3) is 0 Å². The monoisotopic (exact) mass is 334 g/mol. The summed E-state index contributed by atoms with van der Waals surface area (Å²) >= 11 is 1.36. The van der Waals surface area contributed by atoms with Crippen LogP contribution in [0.15, 0.2) is 10.3 Å². The van der Waals surface area contributed by atoms with Crippen molar-refractivity contribution in [2.24, 2.45) is 0 Å². The molecule has 1 aromatic rings. The van der Waals surface area contributed by atoms with Crippen molar-refractivity contribution in [3.8, 4) is 0 Å². The summed E-state index contributed by atoms with van der Waals surface area (Å²) in [5.41, 5.74) is 1.03. The van der Waals surface area contributed by atoms with Crippen molar-refractivity contribution in [3.63, 3.8) is 0 Å². The molecule has 1 N–H and O–H groups in total. The molecule has 1 aromatic heterocycles. The molecule has 5 nitrogen and oxygen atoms in total. The maximum Gasteiger partial charge on any atom is 0.252 e. The third kappa shape index (κ3) is 5.34. The lowest BCUT2D eigenvalue weighted by Crippen LogP contribution is -2.28. The molecule has 0 saturated carbocycles. The van der Waals surface area contributed by atoms with Crippen molar-refractivity contribution < 1.29 is 13.2 Å². The van der Waals surface area contributed by atoms with E-state index in [1.807, 2.05) is 6.92 Å². The number of methoxy groups -OCH3 is 1. The highest BCUT2D eigenvalue weighted by Gasteiger charge is 2.23. The minimum absolute atomic E-state index is 0.424. The van der Waals surface area contributed by atoms with Gasteiger partial charge in [0, 0.05) is 38.7 Å². The van der Waals surface area contributed by atoms with Crippen molar-refractivity contribution in [2.75, 3.05) is 33.9 Å². The van der Waals surface area contributed by atoms with Gasteiger partial charge in [0.15, 0.2) is 0 Å². The topological polar surface area (TPSA) is 58.6 Å². The Morgan fingerprint density at radius 1 is 1.43 bits per heavy atom. The van der Waals surface area contributed by atoms with E-state index in [0.717, 1.165) is 30.0 Å². The minimum atomic E-state index is -3.38. The van der Waals surface area contributed by atoms with Crippen LogP contribution >= 0.6 is 11.3 Å². The Bertz CT molecular complexity index is 526. The Morgan fingerprint density at radius 3 is 2.76 bits per heavy atom. The predicted molar refractivity (Wildman–Crippen MR) is 87.4 cm³/mol. The van der Waals surface area contributed by atoms with E-state index in [0.29, 0.717) is 23.8 Å². The van der Waals surface area contributed by atoms with Crippen molar-refractivity contribution in [1.82, 2.24) is 9.62 Å². The molecule has 0 aliphatic heterocycles. The third-order valence-electron chi connectivity index (χ3n) is 3.20. The summed E-state index contributed by atoms with van der Waals surface area (Å²) in [5, 5.41) is 3.31. The lowest BCUT2D eigenvalue weighted by molar-refractivity contribution is 0.189. The summed E-state index contributed by atoms with van der Waals surface area (Å²) in [6.45, 7) is 6.78. The fourth-order valence-corrected chi connectivity index (χ4v) is 4.86. The number of hydrogen-bond acceptors (Lipinski definition) is 5. The second-order valence-electron chi connectivity index (χ2n) is 5.02. The number of hydrogen-bond donors (Lipinski definition) is 1. The number of nitrogens with one attached hydrogen (secondary N) is 1. The molecule has 0 fully saturated rings. The average molecular weight is 335 g/mol. The van der Waals surface area contributed by atoms with E-state index in [4.69, 9.17) is 4.74 Å². The van der Waals surface area contributed by atoms with Crippen molar-refractivity contribution in [1.29, 1.82) is 0 Å². The fourth-order valence-electron chi connectivity index (χ4n) is 1.88. The highest BCUT2D eigenvalue weighted by Crippen LogP contribution is 2.28. The molecule has 0 spiro atoms. The molecule has 0 unspecified atom stereocenters. The van der Waals surface area contributed by atoms with E-state index in [1.54, 1.807) is 20.2 Å². The van der Waals surface area contributed by atoms with Gasteiger partial charge in [-0.3, -0.25) is 0 Å². The maximum absolute atomic E-state index is 12.5. The first kappa shape index (κ1) is 18.6. The zero-order chi connectivity index (χ0) is 15.9. The summed E-state index contributed by atoms with van der Waals surface area (Å²) in [7, 11) is -0.145. The molecule has 1 heterocycles. The zero-order valence-electron chi connectivity index (χ0n) is 13.3. The minimum Gasteiger partial charge on any atom is -0.385 e. The number of sulfonamides is 1. The van der Waals surface area contributed by atoms with E-state index >= 15 is 0 Å². The first-order valence-corrected chi connectivity index (χ1v) is 9.44. The van der Waals surface area contributed by atoms with Gasteiger partial charge in [0.25, 0.3) is 10.0 Å². The van der Waals surface area contributed by atoms with Gasteiger partial charge in [-0.05, 0) is 37.9 Å². The Hall–Kier alpha value is -0.470. The van der Waals surface area contributed by atoms with Gasteiger partial charge in [0.05, 0.1) is 0 Å². The summed E-state index contributed by atoms with van der Waals surface area (Å²) in [5.74, 6) is 0. The lowest BCUT2D eigenvalue weighted by atomic mass is 10.3. The summed E-state index contributed by atoms with van der Waals surface area (Å²) in [6, 6.07) is 1.77. The van der Waals surface area contributed by atoms with Gasteiger partial charge in [0.1, 0.15) is 4.21 Å². The van der Waals surface area contributed by atoms with Crippen LogP contribution in [0, 0.1) is 6.92 Å². The molecule has 0 aliphatic rings. The van der Waals surface area contributed by atoms with Gasteiger partial charge in [-0.25, -0.2) is 12.7 Å². The molecule has 0 amide bonds. The number of rotatable bonds is 10. The van der Waals surface area contributed by atoms with Gasteiger partial charge >= 0.3 is 0 Å². The molecule has 1 rings (SSSR count). The van der Waals surface area contributed by atoms with E-state index in [9.17, 15) is 8.42 Å². The quantitative estimate of drug-likeness (QED) is 0.667. The molecule has 0 aromatic carbocycles. The molecular formula is C14H26N2O3S2.